The monoisotopic (exact) mass is 318 g/mol. The van der Waals surface area contributed by atoms with Gasteiger partial charge in [-0.3, -0.25) is 0 Å². The van der Waals surface area contributed by atoms with Crippen LogP contribution in [0, 0.1) is 6.92 Å². The summed E-state index contributed by atoms with van der Waals surface area (Å²) >= 11 is 3.12. The molecule has 0 spiro atoms. The van der Waals surface area contributed by atoms with Gasteiger partial charge >= 0.3 is 0 Å². The molecule has 0 aliphatic heterocycles. The minimum atomic E-state index is 0.599. The zero-order chi connectivity index (χ0) is 14.7. The number of hydrogen-bond acceptors (Lipinski definition) is 7. The Morgan fingerprint density at radius 3 is 2.67 bits per heavy atom. The first kappa shape index (κ1) is 14.2. The molecule has 108 valence electrons. The molecule has 0 saturated carbocycles. The van der Waals surface area contributed by atoms with E-state index in [0.717, 1.165) is 21.3 Å². The van der Waals surface area contributed by atoms with Crippen molar-refractivity contribution in [3.8, 4) is 11.4 Å². The average molecular weight is 318 g/mol. The SMILES string of the molecule is CCc1ccc(-c2noc(CSc3nnc(C)s3)n2)cc1. The van der Waals surface area contributed by atoms with Gasteiger partial charge in [0.2, 0.25) is 11.7 Å². The van der Waals surface area contributed by atoms with E-state index >= 15 is 0 Å². The third-order valence-corrected chi connectivity index (χ3v) is 4.87. The second-order valence-electron chi connectivity index (χ2n) is 4.44. The van der Waals surface area contributed by atoms with E-state index in [1.165, 1.54) is 5.56 Å². The zero-order valence-corrected chi connectivity index (χ0v) is 13.4. The van der Waals surface area contributed by atoms with Gasteiger partial charge in [-0.1, -0.05) is 59.4 Å². The minimum Gasteiger partial charge on any atom is -0.338 e. The molecule has 2 aromatic heterocycles. The number of thioether (sulfide) groups is 1. The Hall–Kier alpha value is -1.73. The average Bonchev–Trinajstić information content (AvgIpc) is 3.14. The Labute approximate surface area is 130 Å². The highest BCUT2D eigenvalue weighted by atomic mass is 32.2. The van der Waals surface area contributed by atoms with Crippen LogP contribution in [0.5, 0.6) is 0 Å². The molecule has 0 fully saturated rings. The standard InChI is InChI=1S/C14H14N4OS2/c1-3-10-4-6-11(7-5-10)13-15-12(19-18-13)8-20-14-17-16-9(2)21-14/h4-7H,3,8H2,1-2H3. The van der Waals surface area contributed by atoms with E-state index in [1.54, 1.807) is 23.1 Å². The highest BCUT2D eigenvalue weighted by Crippen LogP contribution is 2.26. The van der Waals surface area contributed by atoms with Crippen LogP contribution in [0.4, 0.5) is 0 Å². The molecule has 0 atom stereocenters. The number of nitrogens with zero attached hydrogens (tertiary/aromatic N) is 4. The summed E-state index contributed by atoms with van der Waals surface area (Å²) in [5.41, 5.74) is 2.27. The molecule has 7 heteroatoms. The van der Waals surface area contributed by atoms with Crippen molar-refractivity contribution in [2.45, 2.75) is 30.4 Å². The highest BCUT2D eigenvalue weighted by molar-refractivity contribution is 8.00. The van der Waals surface area contributed by atoms with Crippen LogP contribution in [0.2, 0.25) is 0 Å². The second kappa shape index (κ2) is 6.36. The Morgan fingerprint density at radius 2 is 2.00 bits per heavy atom. The van der Waals surface area contributed by atoms with Crippen molar-refractivity contribution >= 4 is 23.1 Å². The molecule has 2 heterocycles. The maximum atomic E-state index is 5.28. The summed E-state index contributed by atoms with van der Waals surface area (Å²) < 4.78 is 6.19. The van der Waals surface area contributed by atoms with Crippen molar-refractivity contribution in [3.05, 3.63) is 40.7 Å². The Morgan fingerprint density at radius 1 is 1.19 bits per heavy atom. The first-order valence-electron chi connectivity index (χ1n) is 6.59. The molecule has 0 N–H and O–H groups in total. The maximum absolute atomic E-state index is 5.28. The highest BCUT2D eigenvalue weighted by Gasteiger charge is 2.10. The minimum absolute atomic E-state index is 0.599. The molecule has 0 saturated heterocycles. The van der Waals surface area contributed by atoms with Crippen LogP contribution in [-0.2, 0) is 12.2 Å². The molecule has 1 aromatic carbocycles. The van der Waals surface area contributed by atoms with Gasteiger partial charge in [-0.15, -0.1) is 10.2 Å². The van der Waals surface area contributed by atoms with E-state index in [2.05, 4.69) is 39.4 Å². The van der Waals surface area contributed by atoms with Crippen LogP contribution < -0.4 is 0 Å². The van der Waals surface area contributed by atoms with Crippen LogP contribution in [0.15, 0.2) is 33.1 Å². The Kier molecular flexibility index (Phi) is 4.31. The third-order valence-electron chi connectivity index (χ3n) is 2.92. The molecule has 0 aliphatic rings. The van der Waals surface area contributed by atoms with Gasteiger partial charge in [-0.25, -0.2) is 0 Å². The van der Waals surface area contributed by atoms with Gasteiger partial charge in [-0.2, -0.15) is 4.98 Å². The summed E-state index contributed by atoms with van der Waals surface area (Å²) in [4.78, 5) is 4.42. The predicted octanol–water partition coefficient (Wildman–Crippen LogP) is 3.75. The van der Waals surface area contributed by atoms with Gasteiger partial charge in [-0.05, 0) is 18.9 Å². The van der Waals surface area contributed by atoms with Gasteiger partial charge < -0.3 is 4.52 Å². The van der Waals surface area contributed by atoms with Crippen molar-refractivity contribution in [1.29, 1.82) is 0 Å². The van der Waals surface area contributed by atoms with Gasteiger partial charge in [0.1, 0.15) is 5.01 Å². The van der Waals surface area contributed by atoms with E-state index in [-0.39, 0.29) is 0 Å². The molecule has 0 amide bonds. The number of aryl methyl sites for hydroxylation is 2. The molecule has 21 heavy (non-hydrogen) atoms. The fourth-order valence-corrected chi connectivity index (χ4v) is 3.43. The van der Waals surface area contributed by atoms with Crippen LogP contribution in [0.1, 0.15) is 23.4 Å². The Bertz CT molecular complexity index is 721. The van der Waals surface area contributed by atoms with Crippen molar-refractivity contribution in [2.24, 2.45) is 0 Å². The van der Waals surface area contributed by atoms with Gasteiger partial charge in [0, 0.05) is 5.56 Å². The number of hydrogen-bond donors (Lipinski definition) is 0. The van der Waals surface area contributed by atoms with Gasteiger partial charge in [0.05, 0.1) is 5.75 Å². The maximum Gasteiger partial charge on any atom is 0.237 e. The molecule has 0 aliphatic carbocycles. The van der Waals surface area contributed by atoms with E-state index in [1.807, 2.05) is 19.1 Å². The van der Waals surface area contributed by atoms with Gasteiger partial charge in [0.25, 0.3) is 0 Å². The number of benzene rings is 1. The summed E-state index contributed by atoms with van der Waals surface area (Å²) in [6.45, 7) is 4.07. The third kappa shape index (κ3) is 3.48. The van der Waals surface area contributed by atoms with Crippen LogP contribution in [0.25, 0.3) is 11.4 Å². The summed E-state index contributed by atoms with van der Waals surface area (Å²) in [5, 5.41) is 13.0. The normalized spacial score (nSPS) is 11.0. The van der Waals surface area contributed by atoms with Crippen molar-refractivity contribution in [2.75, 3.05) is 0 Å². The predicted molar refractivity (Wildman–Crippen MR) is 83.3 cm³/mol. The topological polar surface area (TPSA) is 64.7 Å². The molecular formula is C14H14N4OS2. The van der Waals surface area contributed by atoms with Crippen molar-refractivity contribution in [3.63, 3.8) is 0 Å². The summed E-state index contributed by atoms with van der Waals surface area (Å²) in [6, 6.07) is 8.22. The summed E-state index contributed by atoms with van der Waals surface area (Å²) in [5.74, 6) is 1.83. The quantitative estimate of drug-likeness (QED) is 0.668. The first-order chi connectivity index (χ1) is 10.2. The molecular weight excluding hydrogens is 304 g/mol. The fourth-order valence-electron chi connectivity index (χ4n) is 1.78. The fraction of sp³-hybridized carbons (Fsp3) is 0.286. The molecule has 3 aromatic rings. The summed E-state index contributed by atoms with van der Waals surface area (Å²) in [7, 11) is 0. The van der Waals surface area contributed by atoms with Gasteiger partial charge in [0.15, 0.2) is 4.34 Å². The molecule has 5 nitrogen and oxygen atoms in total. The largest absolute Gasteiger partial charge is 0.338 e. The molecule has 3 rings (SSSR count). The second-order valence-corrected chi connectivity index (χ2v) is 6.84. The van der Waals surface area contributed by atoms with E-state index in [9.17, 15) is 0 Å². The van der Waals surface area contributed by atoms with Crippen LogP contribution in [-0.4, -0.2) is 20.3 Å². The first-order valence-corrected chi connectivity index (χ1v) is 8.39. The zero-order valence-electron chi connectivity index (χ0n) is 11.7. The van der Waals surface area contributed by atoms with E-state index in [4.69, 9.17) is 4.52 Å². The number of aromatic nitrogens is 4. The van der Waals surface area contributed by atoms with Crippen molar-refractivity contribution in [1.82, 2.24) is 20.3 Å². The lowest BCUT2D eigenvalue weighted by molar-refractivity contribution is 0.391. The number of rotatable bonds is 5. The smallest absolute Gasteiger partial charge is 0.237 e. The lowest BCUT2D eigenvalue weighted by atomic mass is 10.1. The summed E-state index contributed by atoms with van der Waals surface area (Å²) in [6.07, 6.45) is 1.02. The lowest BCUT2D eigenvalue weighted by Gasteiger charge is -1.97. The van der Waals surface area contributed by atoms with Crippen molar-refractivity contribution < 1.29 is 4.52 Å². The van der Waals surface area contributed by atoms with E-state index < -0.39 is 0 Å². The molecule has 0 bridgehead atoms. The van der Waals surface area contributed by atoms with Crippen LogP contribution >= 0.6 is 23.1 Å². The molecule has 0 unspecified atom stereocenters. The lowest BCUT2D eigenvalue weighted by Crippen LogP contribution is -1.84. The van der Waals surface area contributed by atoms with Crippen LogP contribution in [0.3, 0.4) is 0 Å². The van der Waals surface area contributed by atoms with E-state index in [0.29, 0.717) is 17.5 Å². The Balaban J connectivity index is 1.67. The molecule has 0 radical (unpaired) electrons.